The number of hydrogen-bond acceptors (Lipinski definition) is 6. The molecule has 0 spiro atoms. The van der Waals surface area contributed by atoms with Gasteiger partial charge in [0, 0.05) is 31.9 Å². The van der Waals surface area contributed by atoms with Gasteiger partial charge in [-0.25, -0.2) is 4.79 Å². The van der Waals surface area contributed by atoms with Gasteiger partial charge in [0.05, 0.1) is 13.7 Å². The number of carbonyl (C=O) groups excluding carboxylic acids is 1. The third-order valence-corrected chi connectivity index (χ3v) is 9.84. The van der Waals surface area contributed by atoms with Gasteiger partial charge in [-0.1, -0.05) is 50.7 Å². The first kappa shape index (κ1) is 29.6. The molecule has 0 bridgehead atoms. The fourth-order valence-electron chi connectivity index (χ4n) is 4.84. The zero-order valence-corrected chi connectivity index (χ0v) is 23.3. The molecule has 198 valence electrons. The van der Waals surface area contributed by atoms with Crippen LogP contribution in [0.5, 0.6) is 5.75 Å². The third kappa shape index (κ3) is 11.3. The number of rotatable bonds is 17. The summed E-state index contributed by atoms with van der Waals surface area (Å²) < 4.78 is 28.5. The number of methoxy groups -OCH3 is 1. The van der Waals surface area contributed by atoms with Crippen LogP contribution in [0.25, 0.3) is 6.08 Å². The third-order valence-electron chi connectivity index (χ3n) is 6.69. The molecule has 7 heteroatoms. The smallest absolute Gasteiger partial charge is 0.494 e. The van der Waals surface area contributed by atoms with Crippen molar-refractivity contribution in [2.45, 2.75) is 78.2 Å². The van der Waals surface area contributed by atoms with E-state index in [1.165, 1.54) is 51.7 Å². The molecular formula is C28H46O6Si. The van der Waals surface area contributed by atoms with Crippen molar-refractivity contribution >= 4 is 20.8 Å². The average molecular weight is 507 g/mol. The fraction of sp³-hybridized carbons (Fsp3) is 0.679. The van der Waals surface area contributed by atoms with Crippen molar-refractivity contribution in [2.75, 3.05) is 33.5 Å². The molecule has 0 amide bonds. The molecular weight excluding hydrogens is 460 g/mol. The van der Waals surface area contributed by atoms with Gasteiger partial charge < -0.3 is 22.8 Å². The zero-order chi connectivity index (χ0) is 25.4. The van der Waals surface area contributed by atoms with E-state index in [1.807, 2.05) is 45.0 Å². The van der Waals surface area contributed by atoms with Crippen LogP contribution in [0.2, 0.25) is 6.04 Å². The number of unbranched alkanes of at least 4 members (excludes halogenated alkanes) is 1. The van der Waals surface area contributed by atoms with E-state index in [1.54, 1.807) is 6.08 Å². The topological polar surface area (TPSA) is 63.2 Å². The van der Waals surface area contributed by atoms with Crippen LogP contribution in [0.4, 0.5) is 0 Å². The summed E-state index contributed by atoms with van der Waals surface area (Å²) in [6.07, 6.45) is 13.2. The summed E-state index contributed by atoms with van der Waals surface area (Å²) in [5.41, 5.74) is 0.947. The van der Waals surface area contributed by atoms with Crippen LogP contribution in [-0.4, -0.2) is 48.3 Å². The molecule has 35 heavy (non-hydrogen) atoms. The van der Waals surface area contributed by atoms with Crippen molar-refractivity contribution in [1.29, 1.82) is 0 Å². The summed E-state index contributed by atoms with van der Waals surface area (Å²) in [6.45, 7) is 8.77. The highest BCUT2D eigenvalue weighted by Crippen LogP contribution is 2.34. The van der Waals surface area contributed by atoms with Crippen LogP contribution in [0.15, 0.2) is 30.3 Å². The lowest BCUT2D eigenvalue weighted by atomic mass is 9.79. The van der Waals surface area contributed by atoms with E-state index in [4.69, 9.17) is 18.0 Å². The first-order valence-corrected chi connectivity index (χ1v) is 15.4. The van der Waals surface area contributed by atoms with E-state index in [9.17, 15) is 4.79 Å². The molecule has 1 aliphatic carbocycles. The van der Waals surface area contributed by atoms with E-state index < -0.39 is 8.80 Å². The zero-order valence-electron chi connectivity index (χ0n) is 22.3. The highest BCUT2D eigenvalue weighted by Gasteiger charge is 2.39. The van der Waals surface area contributed by atoms with Crippen molar-refractivity contribution < 1.29 is 27.5 Å². The molecule has 0 heterocycles. The first-order valence-electron chi connectivity index (χ1n) is 13.4. The summed E-state index contributed by atoms with van der Waals surface area (Å²) in [5, 5.41) is 0. The van der Waals surface area contributed by atoms with E-state index in [2.05, 4.69) is 4.74 Å². The summed E-state index contributed by atoms with van der Waals surface area (Å²) in [4.78, 5) is 11.2. The molecule has 0 saturated heterocycles. The quantitative estimate of drug-likeness (QED) is 0.102. The predicted octanol–water partition coefficient (Wildman–Crippen LogP) is 6.67. The second kappa shape index (κ2) is 16.9. The Bertz CT molecular complexity index is 710. The monoisotopic (exact) mass is 506 g/mol. The van der Waals surface area contributed by atoms with E-state index in [-0.39, 0.29) is 5.97 Å². The summed E-state index contributed by atoms with van der Waals surface area (Å²) in [5.74, 6) is 2.13. The van der Waals surface area contributed by atoms with Gasteiger partial charge >= 0.3 is 14.8 Å². The Kier molecular flexibility index (Phi) is 14.3. The van der Waals surface area contributed by atoms with Gasteiger partial charge in [0.25, 0.3) is 0 Å². The van der Waals surface area contributed by atoms with Gasteiger partial charge in [-0.15, -0.1) is 0 Å². The van der Waals surface area contributed by atoms with Gasteiger partial charge in [0.1, 0.15) is 5.75 Å². The average Bonchev–Trinajstić information content (AvgIpc) is 2.87. The van der Waals surface area contributed by atoms with E-state index in [0.717, 1.165) is 48.6 Å². The lowest BCUT2D eigenvalue weighted by Gasteiger charge is -2.30. The summed E-state index contributed by atoms with van der Waals surface area (Å²) in [6, 6.07) is 8.73. The standard InChI is InChI=1S/C28H46O6Si/c1-5-32-35(33-6-2,34-7-3)23-9-8-10-24-11-13-26(14-12-24)21-22-31-27-18-15-25(16-19-27)17-20-28(29)30-4/h15-20,24,26H,5-14,21-23H2,1-4H3/t24-,26-. The molecule has 1 aliphatic rings. The predicted molar refractivity (Wildman–Crippen MR) is 142 cm³/mol. The van der Waals surface area contributed by atoms with E-state index >= 15 is 0 Å². The van der Waals surface area contributed by atoms with Crippen molar-refractivity contribution in [3.05, 3.63) is 35.9 Å². The van der Waals surface area contributed by atoms with Gasteiger partial charge in [0.2, 0.25) is 0 Å². The van der Waals surface area contributed by atoms with Crippen LogP contribution in [0.1, 0.15) is 77.7 Å². The minimum atomic E-state index is -2.49. The number of hydrogen-bond donors (Lipinski definition) is 0. The Hall–Kier alpha value is -1.67. The molecule has 0 atom stereocenters. The van der Waals surface area contributed by atoms with E-state index in [0.29, 0.717) is 19.8 Å². The highest BCUT2D eigenvalue weighted by molar-refractivity contribution is 6.60. The first-order chi connectivity index (χ1) is 17.0. The molecule has 6 nitrogen and oxygen atoms in total. The summed E-state index contributed by atoms with van der Waals surface area (Å²) in [7, 11) is -1.11. The Morgan fingerprint density at radius 2 is 1.46 bits per heavy atom. The Morgan fingerprint density at radius 1 is 0.886 bits per heavy atom. The number of benzene rings is 1. The maximum Gasteiger partial charge on any atom is 0.500 e. The molecule has 2 rings (SSSR count). The van der Waals surface area contributed by atoms with Crippen LogP contribution in [0, 0.1) is 11.8 Å². The molecule has 0 radical (unpaired) electrons. The van der Waals surface area contributed by atoms with Crippen molar-refractivity contribution in [3.63, 3.8) is 0 Å². The van der Waals surface area contributed by atoms with Gasteiger partial charge in [0.15, 0.2) is 0 Å². The number of ether oxygens (including phenoxy) is 2. The van der Waals surface area contributed by atoms with Gasteiger partial charge in [-0.3, -0.25) is 0 Å². The molecule has 1 saturated carbocycles. The molecule has 1 aromatic carbocycles. The van der Waals surface area contributed by atoms with Crippen molar-refractivity contribution in [1.82, 2.24) is 0 Å². The van der Waals surface area contributed by atoms with Gasteiger partial charge in [-0.05, 0) is 69.2 Å². The maximum absolute atomic E-state index is 11.2. The SMILES string of the molecule is CCO[Si](CCCC[C@H]1CC[C@H](CCOc2ccc(C=CC(=O)OC)cc2)CC1)(OCC)OCC. The fourth-order valence-corrected chi connectivity index (χ4v) is 7.52. The van der Waals surface area contributed by atoms with Crippen LogP contribution in [-0.2, 0) is 22.8 Å². The second-order valence-electron chi connectivity index (χ2n) is 9.18. The lowest BCUT2D eigenvalue weighted by Crippen LogP contribution is -2.45. The van der Waals surface area contributed by atoms with Crippen molar-refractivity contribution in [2.24, 2.45) is 11.8 Å². The molecule has 0 aromatic heterocycles. The van der Waals surface area contributed by atoms with Crippen LogP contribution >= 0.6 is 0 Å². The summed E-state index contributed by atoms with van der Waals surface area (Å²) >= 11 is 0. The molecule has 0 aliphatic heterocycles. The normalized spacial score (nSPS) is 18.6. The number of esters is 1. The minimum absolute atomic E-state index is 0.353. The second-order valence-corrected chi connectivity index (χ2v) is 11.9. The Morgan fingerprint density at radius 3 is 2.00 bits per heavy atom. The molecule has 1 fully saturated rings. The molecule has 0 N–H and O–H groups in total. The molecule has 1 aromatic rings. The molecule has 0 unspecified atom stereocenters. The maximum atomic E-state index is 11.2. The minimum Gasteiger partial charge on any atom is -0.494 e. The Balaban J connectivity index is 1.61. The van der Waals surface area contributed by atoms with Gasteiger partial charge in [-0.2, -0.15) is 0 Å². The van der Waals surface area contributed by atoms with Crippen LogP contribution in [0.3, 0.4) is 0 Å². The van der Waals surface area contributed by atoms with Crippen molar-refractivity contribution in [3.8, 4) is 5.75 Å². The Labute approximate surface area is 213 Å². The largest absolute Gasteiger partial charge is 0.500 e. The number of carbonyl (C=O) groups is 1. The highest BCUT2D eigenvalue weighted by atomic mass is 28.4. The van der Waals surface area contributed by atoms with Crippen LogP contribution < -0.4 is 4.74 Å². The lowest BCUT2D eigenvalue weighted by molar-refractivity contribution is -0.134.